The first-order chi connectivity index (χ1) is 9.29. The summed E-state index contributed by atoms with van der Waals surface area (Å²) in [5, 5.41) is 3.68. The lowest BCUT2D eigenvalue weighted by Gasteiger charge is -2.33. The van der Waals surface area contributed by atoms with Gasteiger partial charge < -0.3 is 5.32 Å². The van der Waals surface area contributed by atoms with Crippen molar-refractivity contribution < 1.29 is 0 Å². The van der Waals surface area contributed by atoms with Crippen molar-refractivity contribution in [3.05, 3.63) is 29.6 Å². The van der Waals surface area contributed by atoms with Crippen LogP contribution in [0.4, 0.5) is 0 Å². The predicted molar refractivity (Wildman–Crippen MR) is 78.0 cm³/mol. The second kappa shape index (κ2) is 6.02. The molecule has 0 radical (unpaired) electrons. The molecule has 0 amide bonds. The molecule has 1 N–H and O–H groups in total. The number of piperidine rings is 1. The second-order valence-corrected chi connectivity index (χ2v) is 6.30. The molecule has 1 saturated heterocycles. The summed E-state index contributed by atoms with van der Waals surface area (Å²) in [6, 6.07) is 3.11. The molecule has 2 aliphatic rings. The highest BCUT2D eigenvalue weighted by molar-refractivity contribution is 5.16. The van der Waals surface area contributed by atoms with Crippen molar-refractivity contribution in [1.29, 1.82) is 0 Å². The van der Waals surface area contributed by atoms with Crippen molar-refractivity contribution in [3.8, 4) is 0 Å². The number of hydrogen-bond acceptors (Lipinski definition) is 3. The molecule has 1 unspecified atom stereocenters. The van der Waals surface area contributed by atoms with Crippen molar-refractivity contribution in [3.63, 3.8) is 0 Å². The molecule has 1 atom stereocenters. The highest BCUT2D eigenvalue weighted by atomic mass is 15.1. The van der Waals surface area contributed by atoms with Crippen LogP contribution >= 0.6 is 0 Å². The highest BCUT2D eigenvalue weighted by Gasteiger charge is 2.24. The average molecular weight is 259 g/mol. The van der Waals surface area contributed by atoms with E-state index in [1.54, 1.807) is 0 Å². The molecule has 1 aromatic heterocycles. The smallest absolute Gasteiger partial charge is 0.0313 e. The minimum absolute atomic E-state index is 0.840. The van der Waals surface area contributed by atoms with E-state index in [9.17, 15) is 0 Å². The largest absolute Gasteiger partial charge is 0.314 e. The van der Waals surface area contributed by atoms with E-state index >= 15 is 0 Å². The summed E-state index contributed by atoms with van der Waals surface area (Å²) in [7, 11) is 0. The summed E-state index contributed by atoms with van der Waals surface area (Å²) in [5.74, 6) is 0.840. The Morgan fingerprint density at radius 2 is 2.21 bits per heavy atom. The summed E-state index contributed by atoms with van der Waals surface area (Å²) in [5.41, 5.74) is 2.62. The van der Waals surface area contributed by atoms with E-state index in [0.717, 1.165) is 18.5 Å². The molecule has 1 aromatic rings. The molecule has 0 aromatic carbocycles. The predicted octanol–water partition coefficient (Wildman–Crippen LogP) is 2.35. The van der Waals surface area contributed by atoms with Crippen LogP contribution < -0.4 is 5.32 Å². The summed E-state index contributed by atoms with van der Waals surface area (Å²) >= 11 is 0. The minimum Gasteiger partial charge on any atom is -0.314 e. The van der Waals surface area contributed by atoms with Crippen LogP contribution in [-0.2, 0) is 6.54 Å². The van der Waals surface area contributed by atoms with Gasteiger partial charge in [-0.05, 0) is 62.7 Å². The summed E-state index contributed by atoms with van der Waals surface area (Å²) in [6.45, 7) is 6.89. The van der Waals surface area contributed by atoms with Gasteiger partial charge in [0.1, 0.15) is 0 Å². The zero-order chi connectivity index (χ0) is 13.1. The van der Waals surface area contributed by atoms with Gasteiger partial charge in [-0.25, -0.2) is 0 Å². The molecule has 19 heavy (non-hydrogen) atoms. The number of aryl methyl sites for hydroxylation is 1. The first-order valence-electron chi connectivity index (χ1n) is 7.66. The first kappa shape index (κ1) is 13.1. The molecule has 3 rings (SSSR count). The van der Waals surface area contributed by atoms with Crippen molar-refractivity contribution in [2.45, 2.75) is 45.2 Å². The van der Waals surface area contributed by atoms with Gasteiger partial charge in [0.2, 0.25) is 0 Å². The molecule has 1 aliphatic carbocycles. The van der Waals surface area contributed by atoms with Gasteiger partial charge in [0.05, 0.1) is 0 Å². The van der Waals surface area contributed by atoms with Gasteiger partial charge in [-0.2, -0.15) is 0 Å². The Hall–Kier alpha value is -0.930. The topological polar surface area (TPSA) is 28.2 Å². The molecular formula is C16H25N3. The van der Waals surface area contributed by atoms with Crippen LogP contribution in [0.15, 0.2) is 18.5 Å². The zero-order valence-electron chi connectivity index (χ0n) is 11.9. The fraction of sp³-hybridized carbons (Fsp3) is 0.688. The van der Waals surface area contributed by atoms with E-state index in [1.165, 1.54) is 56.4 Å². The molecule has 3 nitrogen and oxygen atoms in total. The van der Waals surface area contributed by atoms with Crippen molar-refractivity contribution >= 4 is 0 Å². The van der Waals surface area contributed by atoms with E-state index in [1.807, 2.05) is 12.4 Å². The van der Waals surface area contributed by atoms with E-state index in [0.29, 0.717) is 0 Å². The third-order valence-corrected chi connectivity index (χ3v) is 4.21. The SMILES string of the molecule is Cc1cncc(CN2CCCC(CNC3CC3)C2)c1. The van der Waals surface area contributed by atoms with Gasteiger partial charge >= 0.3 is 0 Å². The Morgan fingerprint density at radius 3 is 3.00 bits per heavy atom. The monoisotopic (exact) mass is 259 g/mol. The quantitative estimate of drug-likeness (QED) is 0.880. The van der Waals surface area contributed by atoms with E-state index < -0.39 is 0 Å². The minimum atomic E-state index is 0.840. The van der Waals surface area contributed by atoms with E-state index in [4.69, 9.17) is 0 Å². The van der Waals surface area contributed by atoms with Crippen molar-refractivity contribution in [1.82, 2.24) is 15.2 Å². The normalized spacial score (nSPS) is 24.6. The van der Waals surface area contributed by atoms with Gasteiger partial charge in [-0.1, -0.05) is 6.07 Å². The number of nitrogens with zero attached hydrogens (tertiary/aromatic N) is 2. The van der Waals surface area contributed by atoms with Crippen molar-refractivity contribution in [2.24, 2.45) is 5.92 Å². The summed E-state index contributed by atoms with van der Waals surface area (Å²) < 4.78 is 0. The highest BCUT2D eigenvalue weighted by Crippen LogP contribution is 2.22. The van der Waals surface area contributed by atoms with Gasteiger partial charge in [0, 0.05) is 31.5 Å². The number of pyridine rings is 1. The lowest BCUT2D eigenvalue weighted by Crippen LogP contribution is -2.39. The molecule has 104 valence electrons. The fourth-order valence-electron chi connectivity index (χ4n) is 3.04. The third kappa shape index (κ3) is 4.02. The Kier molecular flexibility index (Phi) is 4.14. The number of likely N-dealkylation sites (tertiary alicyclic amines) is 1. The number of aromatic nitrogens is 1. The van der Waals surface area contributed by atoms with Crippen LogP contribution in [0.1, 0.15) is 36.8 Å². The Balaban J connectivity index is 1.49. The molecular weight excluding hydrogens is 234 g/mol. The maximum Gasteiger partial charge on any atom is 0.0313 e. The van der Waals surface area contributed by atoms with Gasteiger partial charge in [-0.15, -0.1) is 0 Å². The van der Waals surface area contributed by atoms with Gasteiger partial charge in [0.15, 0.2) is 0 Å². The number of nitrogens with one attached hydrogen (secondary N) is 1. The van der Waals surface area contributed by atoms with Crippen LogP contribution in [0.5, 0.6) is 0 Å². The van der Waals surface area contributed by atoms with Crippen molar-refractivity contribution in [2.75, 3.05) is 19.6 Å². The zero-order valence-corrected chi connectivity index (χ0v) is 11.9. The average Bonchev–Trinajstić information content (AvgIpc) is 3.21. The summed E-state index contributed by atoms with van der Waals surface area (Å²) in [6.07, 6.45) is 9.47. The maximum atomic E-state index is 4.30. The Bertz CT molecular complexity index is 414. The maximum absolute atomic E-state index is 4.30. The van der Waals surface area contributed by atoms with E-state index in [2.05, 4.69) is 28.2 Å². The molecule has 2 fully saturated rings. The third-order valence-electron chi connectivity index (χ3n) is 4.21. The molecule has 0 spiro atoms. The number of hydrogen-bond donors (Lipinski definition) is 1. The molecule has 2 heterocycles. The fourth-order valence-corrected chi connectivity index (χ4v) is 3.04. The van der Waals surface area contributed by atoms with Crippen LogP contribution in [0.25, 0.3) is 0 Å². The van der Waals surface area contributed by atoms with Crippen LogP contribution in [0, 0.1) is 12.8 Å². The van der Waals surface area contributed by atoms with E-state index in [-0.39, 0.29) is 0 Å². The van der Waals surface area contributed by atoms with Gasteiger partial charge in [0.25, 0.3) is 0 Å². The lowest BCUT2D eigenvalue weighted by molar-refractivity contribution is 0.165. The second-order valence-electron chi connectivity index (χ2n) is 6.30. The Morgan fingerprint density at radius 1 is 1.32 bits per heavy atom. The molecule has 1 aliphatic heterocycles. The molecule has 1 saturated carbocycles. The standard InChI is InChI=1S/C16H25N3/c1-13-7-15(9-17-8-13)12-19-6-2-3-14(11-19)10-18-16-4-5-16/h7-9,14,16,18H,2-6,10-12H2,1H3. The molecule has 3 heteroatoms. The van der Waals surface area contributed by atoms with Gasteiger partial charge in [-0.3, -0.25) is 9.88 Å². The van der Waals surface area contributed by atoms with Crippen LogP contribution in [-0.4, -0.2) is 35.6 Å². The summed E-state index contributed by atoms with van der Waals surface area (Å²) in [4.78, 5) is 6.89. The van der Waals surface area contributed by atoms with Crippen LogP contribution in [0.3, 0.4) is 0 Å². The van der Waals surface area contributed by atoms with Crippen LogP contribution in [0.2, 0.25) is 0 Å². The number of rotatable bonds is 5. The lowest BCUT2D eigenvalue weighted by atomic mass is 9.97. The first-order valence-corrected chi connectivity index (χ1v) is 7.66. The Labute approximate surface area is 116 Å². The molecule has 0 bridgehead atoms.